The molecular weight excluding hydrogens is 276 g/mol. The van der Waals surface area contributed by atoms with Gasteiger partial charge in [-0.15, -0.1) is 0 Å². The fourth-order valence-corrected chi connectivity index (χ4v) is 3.38. The molecule has 2 aliphatic carbocycles. The Morgan fingerprint density at radius 2 is 1.86 bits per heavy atom. The Balaban J connectivity index is 1.31. The topological polar surface area (TPSA) is 58.1 Å². The van der Waals surface area contributed by atoms with Crippen molar-refractivity contribution in [1.29, 1.82) is 0 Å². The van der Waals surface area contributed by atoms with Gasteiger partial charge in [0.1, 0.15) is 12.1 Å². The predicted molar refractivity (Wildman–Crippen MR) is 84.7 cm³/mol. The van der Waals surface area contributed by atoms with Crippen LogP contribution in [0, 0.1) is 5.92 Å². The molecule has 1 saturated heterocycles. The van der Waals surface area contributed by atoms with Crippen molar-refractivity contribution in [2.75, 3.05) is 18.0 Å². The summed E-state index contributed by atoms with van der Waals surface area (Å²) in [7, 11) is 0. The Morgan fingerprint density at radius 3 is 2.50 bits per heavy atom. The summed E-state index contributed by atoms with van der Waals surface area (Å²) in [6.45, 7) is 1.94. The molecule has 2 saturated carbocycles. The summed E-state index contributed by atoms with van der Waals surface area (Å²) >= 11 is 0. The molecule has 0 aromatic carbocycles. The number of nitrogens with zero attached hydrogens (tertiary/aromatic N) is 3. The number of carbonyl (C=O) groups excluding carboxylic acids is 1. The van der Waals surface area contributed by atoms with Crippen LogP contribution in [0.3, 0.4) is 0 Å². The highest BCUT2D eigenvalue weighted by Crippen LogP contribution is 2.39. The lowest BCUT2D eigenvalue weighted by Crippen LogP contribution is -2.47. The summed E-state index contributed by atoms with van der Waals surface area (Å²) in [5.41, 5.74) is 1.20. The molecule has 1 amide bonds. The Morgan fingerprint density at radius 1 is 1.09 bits per heavy atom. The Labute approximate surface area is 131 Å². The molecule has 3 fully saturated rings. The predicted octanol–water partition coefficient (Wildman–Crippen LogP) is 2.24. The van der Waals surface area contributed by atoms with Crippen molar-refractivity contribution < 1.29 is 4.79 Å². The van der Waals surface area contributed by atoms with Crippen molar-refractivity contribution in [3.63, 3.8) is 0 Å². The van der Waals surface area contributed by atoms with Crippen LogP contribution in [0.15, 0.2) is 12.4 Å². The van der Waals surface area contributed by atoms with E-state index in [-0.39, 0.29) is 5.91 Å². The van der Waals surface area contributed by atoms with E-state index in [0.717, 1.165) is 44.6 Å². The third kappa shape index (κ3) is 2.94. The summed E-state index contributed by atoms with van der Waals surface area (Å²) in [5.74, 6) is 2.30. The average molecular weight is 300 g/mol. The van der Waals surface area contributed by atoms with E-state index in [2.05, 4.69) is 26.3 Å². The average Bonchev–Trinajstić information content (AvgIpc) is 3.31. The Hall–Kier alpha value is -1.65. The highest BCUT2D eigenvalue weighted by Gasteiger charge is 2.29. The van der Waals surface area contributed by atoms with Gasteiger partial charge in [0.25, 0.3) is 0 Å². The molecular formula is C17H24N4O. The van der Waals surface area contributed by atoms with E-state index in [0.29, 0.717) is 17.9 Å². The van der Waals surface area contributed by atoms with Gasteiger partial charge in [-0.3, -0.25) is 4.79 Å². The van der Waals surface area contributed by atoms with Gasteiger partial charge in [-0.2, -0.15) is 0 Å². The number of carbonyl (C=O) groups is 1. The van der Waals surface area contributed by atoms with Gasteiger partial charge in [0, 0.05) is 42.7 Å². The first kappa shape index (κ1) is 14.0. The highest BCUT2D eigenvalue weighted by molar-refractivity contribution is 5.79. The molecule has 0 bridgehead atoms. The molecule has 1 aromatic rings. The molecule has 0 spiro atoms. The van der Waals surface area contributed by atoms with Crippen LogP contribution in [0.1, 0.15) is 56.6 Å². The Kier molecular flexibility index (Phi) is 3.72. The minimum Gasteiger partial charge on any atom is -0.356 e. The molecule has 1 aliphatic heterocycles. The minimum atomic E-state index is 0.280. The summed E-state index contributed by atoms with van der Waals surface area (Å²) < 4.78 is 0. The molecule has 0 atom stereocenters. The van der Waals surface area contributed by atoms with Crippen molar-refractivity contribution in [2.24, 2.45) is 5.92 Å². The summed E-state index contributed by atoms with van der Waals surface area (Å²) in [6, 6.07) is 2.50. The lowest BCUT2D eigenvalue weighted by atomic mass is 9.84. The number of aromatic nitrogens is 2. The number of piperidine rings is 1. The third-order valence-electron chi connectivity index (χ3n) is 5.31. The maximum Gasteiger partial charge on any atom is 0.223 e. The van der Waals surface area contributed by atoms with Crippen molar-refractivity contribution in [3.8, 4) is 0 Å². The lowest BCUT2D eigenvalue weighted by molar-refractivity contribution is -0.128. The van der Waals surface area contributed by atoms with Gasteiger partial charge < -0.3 is 10.2 Å². The molecule has 1 aromatic heterocycles. The second kappa shape index (κ2) is 5.86. The number of hydrogen-bond donors (Lipinski definition) is 1. The summed E-state index contributed by atoms with van der Waals surface area (Å²) in [6.07, 6.45) is 9.64. The van der Waals surface area contributed by atoms with Crippen LogP contribution in [-0.2, 0) is 4.79 Å². The van der Waals surface area contributed by atoms with Crippen molar-refractivity contribution in [1.82, 2.24) is 15.3 Å². The molecule has 1 N–H and O–H groups in total. The largest absolute Gasteiger partial charge is 0.356 e. The number of hydrogen-bond acceptors (Lipinski definition) is 4. The fraction of sp³-hybridized carbons (Fsp3) is 0.706. The van der Waals surface area contributed by atoms with Crippen LogP contribution in [-0.4, -0.2) is 35.0 Å². The van der Waals surface area contributed by atoms with E-state index in [4.69, 9.17) is 0 Å². The molecule has 22 heavy (non-hydrogen) atoms. The van der Waals surface area contributed by atoms with E-state index in [9.17, 15) is 4.79 Å². The second-order valence-electron chi connectivity index (χ2n) is 6.97. The first-order valence-corrected chi connectivity index (χ1v) is 8.67. The molecule has 5 heteroatoms. The van der Waals surface area contributed by atoms with Gasteiger partial charge in [-0.25, -0.2) is 9.97 Å². The van der Waals surface area contributed by atoms with E-state index in [1.807, 2.05) is 0 Å². The molecule has 0 radical (unpaired) electrons. The molecule has 0 unspecified atom stereocenters. The zero-order valence-corrected chi connectivity index (χ0v) is 13.0. The van der Waals surface area contributed by atoms with Crippen LogP contribution in [0.4, 0.5) is 5.82 Å². The van der Waals surface area contributed by atoms with Crippen molar-refractivity contribution in [2.45, 2.75) is 56.9 Å². The summed E-state index contributed by atoms with van der Waals surface area (Å²) in [4.78, 5) is 23.2. The standard InChI is InChI=1S/C17H24N4O/c22-17(13-2-1-3-13)20-14-6-8-21(9-7-14)16-10-15(12-4-5-12)18-11-19-16/h10-14H,1-9H2,(H,20,22). The highest BCUT2D eigenvalue weighted by atomic mass is 16.2. The van der Waals surface area contributed by atoms with Crippen LogP contribution >= 0.6 is 0 Å². The molecule has 3 aliphatic rings. The Bertz CT molecular complexity index is 545. The van der Waals surface area contributed by atoms with E-state index < -0.39 is 0 Å². The number of nitrogens with one attached hydrogen (secondary N) is 1. The normalized spacial score (nSPS) is 23.2. The number of anilines is 1. The zero-order valence-electron chi connectivity index (χ0n) is 13.0. The third-order valence-corrected chi connectivity index (χ3v) is 5.31. The smallest absolute Gasteiger partial charge is 0.223 e. The van der Waals surface area contributed by atoms with Gasteiger partial charge in [-0.1, -0.05) is 6.42 Å². The molecule has 2 heterocycles. The van der Waals surface area contributed by atoms with E-state index in [1.165, 1.54) is 25.0 Å². The van der Waals surface area contributed by atoms with Crippen LogP contribution < -0.4 is 10.2 Å². The van der Waals surface area contributed by atoms with Gasteiger partial charge in [0.2, 0.25) is 5.91 Å². The monoisotopic (exact) mass is 300 g/mol. The van der Waals surface area contributed by atoms with Crippen LogP contribution in [0.2, 0.25) is 0 Å². The fourth-order valence-electron chi connectivity index (χ4n) is 3.38. The SMILES string of the molecule is O=C(NC1CCN(c2cc(C3CC3)ncn2)CC1)C1CCC1. The number of rotatable bonds is 4. The van der Waals surface area contributed by atoms with Gasteiger partial charge in [0.05, 0.1) is 0 Å². The maximum absolute atomic E-state index is 12.0. The van der Waals surface area contributed by atoms with Gasteiger partial charge in [0.15, 0.2) is 0 Å². The molecule has 4 rings (SSSR count). The van der Waals surface area contributed by atoms with Gasteiger partial charge in [-0.05, 0) is 38.5 Å². The maximum atomic E-state index is 12.0. The van der Waals surface area contributed by atoms with Crippen LogP contribution in [0.5, 0.6) is 0 Å². The van der Waals surface area contributed by atoms with E-state index in [1.54, 1.807) is 6.33 Å². The molecule has 118 valence electrons. The molecule has 5 nitrogen and oxygen atoms in total. The van der Waals surface area contributed by atoms with Gasteiger partial charge >= 0.3 is 0 Å². The van der Waals surface area contributed by atoms with Crippen molar-refractivity contribution in [3.05, 3.63) is 18.1 Å². The first-order valence-electron chi connectivity index (χ1n) is 8.67. The lowest BCUT2D eigenvalue weighted by Gasteiger charge is -2.34. The quantitative estimate of drug-likeness (QED) is 0.926. The first-order chi connectivity index (χ1) is 10.8. The minimum absolute atomic E-state index is 0.280. The summed E-state index contributed by atoms with van der Waals surface area (Å²) in [5, 5.41) is 3.23. The van der Waals surface area contributed by atoms with Crippen molar-refractivity contribution >= 4 is 11.7 Å². The van der Waals surface area contributed by atoms with Crippen LogP contribution in [0.25, 0.3) is 0 Å². The number of amides is 1. The zero-order chi connectivity index (χ0) is 14.9. The van der Waals surface area contributed by atoms with E-state index >= 15 is 0 Å². The second-order valence-corrected chi connectivity index (χ2v) is 6.97.